The smallest absolute Gasteiger partial charge is 0.255 e. The lowest BCUT2D eigenvalue weighted by Gasteiger charge is -2.11. The summed E-state index contributed by atoms with van der Waals surface area (Å²) in [5.74, 6) is 2.13. The standard InChI is InChI=1S/C17H28N4O2S.HI/c1-3-19-17(20-9-4-5-10-24-2)21-12-14-7-6-8-15(11-14)23-13-16(18)22;/h6-8,11H,3-5,9-10,12-13H2,1-2H3,(H2,18,22)(H2,19,20,21);1H. The molecule has 0 saturated heterocycles. The molecule has 0 radical (unpaired) electrons. The van der Waals surface area contributed by atoms with Crippen LogP contribution >= 0.6 is 35.7 Å². The average molecular weight is 480 g/mol. The normalized spacial score (nSPS) is 10.7. The fourth-order valence-electron chi connectivity index (χ4n) is 1.98. The summed E-state index contributed by atoms with van der Waals surface area (Å²) in [7, 11) is 0. The van der Waals surface area contributed by atoms with Gasteiger partial charge < -0.3 is 21.1 Å². The predicted molar refractivity (Wildman–Crippen MR) is 117 cm³/mol. The molecule has 0 unspecified atom stereocenters. The van der Waals surface area contributed by atoms with E-state index in [1.165, 1.54) is 12.2 Å². The summed E-state index contributed by atoms with van der Waals surface area (Å²) in [6, 6.07) is 7.52. The van der Waals surface area contributed by atoms with Gasteiger partial charge in [0.05, 0.1) is 6.54 Å². The molecule has 8 heteroatoms. The number of nitrogens with one attached hydrogen (secondary N) is 2. The summed E-state index contributed by atoms with van der Waals surface area (Å²) in [5, 5.41) is 6.58. The van der Waals surface area contributed by atoms with Gasteiger partial charge in [0.1, 0.15) is 5.75 Å². The maximum atomic E-state index is 10.8. The molecule has 0 aliphatic heterocycles. The van der Waals surface area contributed by atoms with Crippen molar-refractivity contribution in [3.05, 3.63) is 29.8 Å². The molecule has 0 saturated carbocycles. The van der Waals surface area contributed by atoms with E-state index >= 15 is 0 Å². The molecule has 142 valence electrons. The Morgan fingerprint density at radius 2 is 2.12 bits per heavy atom. The fraction of sp³-hybridized carbons (Fsp3) is 0.529. The Kier molecular flexibility index (Phi) is 14.4. The summed E-state index contributed by atoms with van der Waals surface area (Å²) in [6.07, 6.45) is 4.45. The molecule has 1 amide bonds. The lowest BCUT2D eigenvalue weighted by molar-refractivity contribution is -0.119. The molecule has 0 spiro atoms. The Bertz CT molecular complexity index is 529. The Hall–Kier alpha value is -1.16. The van der Waals surface area contributed by atoms with Crippen LogP contribution in [0.1, 0.15) is 25.3 Å². The largest absolute Gasteiger partial charge is 0.484 e. The zero-order chi connectivity index (χ0) is 17.6. The molecule has 1 aromatic rings. The van der Waals surface area contributed by atoms with Crippen LogP contribution in [0.4, 0.5) is 0 Å². The van der Waals surface area contributed by atoms with Crippen LogP contribution in [0.5, 0.6) is 5.75 Å². The first-order chi connectivity index (χ1) is 11.7. The highest BCUT2D eigenvalue weighted by molar-refractivity contribution is 14.0. The van der Waals surface area contributed by atoms with Crippen molar-refractivity contribution >= 4 is 47.6 Å². The average Bonchev–Trinajstić information content (AvgIpc) is 2.58. The number of ether oxygens (including phenoxy) is 1. The first-order valence-electron chi connectivity index (χ1n) is 8.17. The molecule has 4 N–H and O–H groups in total. The molecule has 1 aromatic carbocycles. The third-order valence-electron chi connectivity index (χ3n) is 3.11. The second-order valence-electron chi connectivity index (χ2n) is 5.22. The van der Waals surface area contributed by atoms with Crippen molar-refractivity contribution in [2.45, 2.75) is 26.3 Å². The van der Waals surface area contributed by atoms with Crippen molar-refractivity contribution in [1.29, 1.82) is 0 Å². The van der Waals surface area contributed by atoms with Crippen molar-refractivity contribution in [1.82, 2.24) is 10.6 Å². The van der Waals surface area contributed by atoms with E-state index in [2.05, 4.69) is 21.9 Å². The van der Waals surface area contributed by atoms with Crippen LogP contribution in [0.3, 0.4) is 0 Å². The van der Waals surface area contributed by atoms with E-state index in [1.807, 2.05) is 36.9 Å². The zero-order valence-electron chi connectivity index (χ0n) is 14.9. The summed E-state index contributed by atoms with van der Waals surface area (Å²) in [6.45, 7) is 4.19. The van der Waals surface area contributed by atoms with Gasteiger partial charge in [-0.1, -0.05) is 12.1 Å². The Morgan fingerprint density at radius 3 is 2.80 bits per heavy atom. The van der Waals surface area contributed by atoms with Gasteiger partial charge in [0.25, 0.3) is 5.91 Å². The maximum Gasteiger partial charge on any atom is 0.255 e. The number of nitrogens with zero attached hydrogens (tertiary/aromatic N) is 1. The minimum Gasteiger partial charge on any atom is -0.484 e. The fourth-order valence-corrected chi connectivity index (χ4v) is 2.47. The van der Waals surface area contributed by atoms with Crippen molar-refractivity contribution in [2.24, 2.45) is 10.7 Å². The first-order valence-corrected chi connectivity index (χ1v) is 9.56. The molecule has 6 nitrogen and oxygen atoms in total. The van der Waals surface area contributed by atoms with Gasteiger partial charge in [0, 0.05) is 13.1 Å². The topological polar surface area (TPSA) is 88.7 Å². The number of amides is 1. The van der Waals surface area contributed by atoms with Crippen LogP contribution in [-0.4, -0.2) is 43.6 Å². The SMILES string of the molecule is CCNC(=NCc1cccc(OCC(N)=O)c1)NCCCCSC.I. The molecule has 0 heterocycles. The molecule has 0 aliphatic rings. The highest BCUT2D eigenvalue weighted by Crippen LogP contribution is 2.13. The van der Waals surface area contributed by atoms with Gasteiger partial charge in [-0.15, -0.1) is 24.0 Å². The molecular weight excluding hydrogens is 451 g/mol. The van der Waals surface area contributed by atoms with E-state index in [0.717, 1.165) is 31.0 Å². The molecule has 0 aromatic heterocycles. The second-order valence-corrected chi connectivity index (χ2v) is 6.21. The molecule has 25 heavy (non-hydrogen) atoms. The van der Waals surface area contributed by atoms with E-state index in [0.29, 0.717) is 12.3 Å². The van der Waals surface area contributed by atoms with Crippen LogP contribution in [0.2, 0.25) is 0 Å². The van der Waals surface area contributed by atoms with Crippen LogP contribution in [0.15, 0.2) is 29.3 Å². The summed E-state index contributed by atoms with van der Waals surface area (Å²) in [4.78, 5) is 15.3. The van der Waals surface area contributed by atoms with Gasteiger partial charge in [-0.2, -0.15) is 11.8 Å². The van der Waals surface area contributed by atoms with Gasteiger partial charge in [0.2, 0.25) is 0 Å². The monoisotopic (exact) mass is 480 g/mol. The molecule has 0 fully saturated rings. The minimum atomic E-state index is -0.487. The Morgan fingerprint density at radius 1 is 1.32 bits per heavy atom. The van der Waals surface area contributed by atoms with Gasteiger partial charge >= 0.3 is 0 Å². The van der Waals surface area contributed by atoms with E-state index < -0.39 is 5.91 Å². The van der Waals surface area contributed by atoms with Gasteiger partial charge in [-0.05, 0) is 49.5 Å². The lowest BCUT2D eigenvalue weighted by Crippen LogP contribution is -2.37. The van der Waals surface area contributed by atoms with Gasteiger partial charge in [-0.25, -0.2) is 4.99 Å². The van der Waals surface area contributed by atoms with Crippen LogP contribution in [-0.2, 0) is 11.3 Å². The number of primary amides is 1. The molecule has 1 rings (SSSR count). The second kappa shape index (κ2) is 15.1. The molecule has 0 atom stereocenters. The summed E-state index contributed by atoms with van der Waals surface area (Å²) < 4.78 is 5.31. The quantitative estimate of drug-likeness (QED) is 0.196. The molecule has 0 bridgehead atoms. The summed E-state index contributed by atoms with van der Waals surface area (Å²) >= 11 is 1.87. The maximum absolute atomic E-state index is 10.8. The number of hydrogen-bond donors (Lipinski definition) is 3. The van der Waals surface area contributed by atoms with E-state index in [1.54, 1.807) is 6.07 Å². The first kappa shape index (κ1) is 23.8. The van der Waals surface area contributed by atoms with E-state index in [-0.39, 0.29) is 30.6 Å². The highest BCUT2D eigenvalue weighted by Gasteiger charge is 2.01. The number of hydrogen-bond acceptors (Lipinski definition) is 4. The summed E-state index contributed by atoms with van der Waals surface area (Å²) in [5.41, 5.74) is 6.09. The Labute approximate surface area is 171 Å². The lowest BCUT2D eigenvalue weighted by atomic mass is 10.2. The number of halogens is 1. The minimum absolute atomic E-state index is 0. The number of benzene rings is 1. The number of unbranched alkanes of at least 4 members (excludes halogenated alkanes) is 1. The third-order valence-corrected chi connectivity index (χ3v) is 3.81. The third kappa shape index (κ3) is 11.9. The number of rotatable bonds is 11. The number of thioether (sulfide) groups is 1. The number of guanidine groups is 1. The van der Waals surface area contributed by atoms with Crippen molar-refractivity contribution in [3.8, 4) is 5.75 Å². The van der Waals surface area contributed by atoms with Crippen LogP contribution in [0.25, 0.3) is 0 Å². The Balaban J connectivity index is 0.00000576. The van der Waals surface area contributed by atoms with Crippen molar-refractivity contribution < 1.29 is 9.53 Å². The molecular formula is C17H29IN4O2S. The molecule has 0 aliphatic carbocycles. The van der Waals surface area contributed by atoms with Crippen molar-refractivity contribution in [2.75, 3.05) is 31.7 Å². The van der Waals surface area contributed by atoms with E-state index in [9.17, 15) is 4.79 Å². The predicted octanol–water partition coefficient (Wildman–Crippen LogP) is 2.37. The number of carbonyl (C=O) groups is 1. The number of carbonyl (C=O) groups excluding carboxylic acids is 1. The van der Waals surface area contributed by atoms with Crippen molar-refractivity contribution in [3.63, 3.8) is 0 Å². The van der Waals surface area contributed by atoms with Gasteiger partial charge in [0.15, 0.2) is 12.6 Å². The highest BCUT2D eigenvalue weighted by atomic mass is 127. The van der Waals surface area contributed by atoms with E-state index in [4.69, 9.17) is 10.5 Å². The number of aliphatic imine (C=N–C) groups is 1. The number of nitrogens with two attached hydrogens (primary N) is 1. The van der Waals surface area contributed by atoms with Gasteiger partial charge in [-0.3, -0.25) is 4.79 Å². The van der Waals surface area contributed by atoms with Crippen LogP contribution in [0, 0.1) is 0 Å². The zero-order valence-corrected chi connectivity index (χ0v) is 18.1. The van der Waals surface area contributed by atoms with Crippen LogP contribution < -0.4 is 21.1 Å².